The summed E-state index contributed by atoms with van der Waals surface area (Å²) in [5.74, 6) is 0.167. The Balaban J connectivity index is 1.86. The molecule has 0 spiro atoms. The highest BCUT2D eigenvalue weighted by Crippen LogP contribution is 2.16. The smallest absolute Gasteiger partial charge is 0.324 e. The van der Waals surface area contributed by atoms with Gasteiger partial charge in [-0.05, 0) is 30.5 Å². The number of benzene rings is 1. The predicted octanol–water partition coefficient (Wildman–Crippen LogP) is 2.20. The SMILES string of the molecule is COc1cccc(CCCN2C(=O)NC(CC(F)F)C2=O)c1. The number of rotatable bonds is 7. The highest BCUT2D eigenvalue weighted by molar-refractivity contribution is 6.04. The molecular weight excluding hydrogens is 294 g/mol. The van der Waals surface area contributed by atoms with E-state index in [0.717, 1.165) is 16.2 Å². The minimum Gasteiger partial charge on any atom is -0.497 e. The first-order valence-corrected chi connectivity index (χ1v) is 7.04. The minimum absolute atomic E-state index is 0.210. The van der Waals surface area contributed by atoms with Gasteiger partial charge in [-0.15, -0.1) is 0 Å². The van der Waals surface area contributed by atoms with Gasteiger partial charge in [0, 0.05) is 13.0 Å². The molecular formula is C15H18F2N2O3. The number of halogens is 2. The molecule has 0 aliphatic carbocycles. The van der Waals surface area contributed by atoms with Crippen molar-refractivity contribution in [1.82, 2.24) is 10.2 Å². The summed E-state index contributed by atoms with van der Waals surface area (Å²) in [6.45, 7) is 0.210. The number of nitrogens with zero attached hydrogens (tertiary/aromatic N) is 1. The number of aryl methyl sites for hydroxylation is 1. The second-order valence-corrected chi connectivity index (χ2v) is 5.07. The molecule has 0 radical (unpaired) electrons. The van der Waals surface area contributed by atoms with Crippen molar-refractivity contribution in [2.75, 3.05) is 13.7 Å². The van der Waals surface area contributed by atoms with Gasteiger partial charge in [-0.25, -0.2) is 13.6 Å². The third-order valence-electron chi connectivity index (χ3n) is 3.50. The van der Waals surface area contributed by atoms with Gasteiger partial charge >= 0.3 is 6.03 Å². The zero-order valence-electron chi connectivity index (χ0n) is 12.2. The average molecular weight is 312 g/mol. The van der Waals surface area contributed by atoms with E-state index < -0.39 is 30.8 Å². The molecule has 0 aromatic heterocycles. The summed E-state index contributed by atoms with van der Waals surface area (Å²) in [4.78, 5) is 24.5. The van der Waals surface area contributed by atoms with Crippen LogP contribution in [0.25, 0.3) is 0 Å². The van der Waals surface area contributed by atoms with Gasteiger partial charge in [0.25, 0.3) is 5.91 Å². The Morgan fingerprint density at radius 3 is 2.82 bits per heavy atom. The van der Waals surface area contributed by atoms with Crippen LogP contribution in [0.2, 0.25) is 0 Å². The van der Waals surface area contributed by atoms with Crippen molar-refractivity contribution in [3.05, 3.63) is 29.8 Å². The molecule has 2 rings (SSSR count). The van der Waals surface area contributed by atoms with Crippen LogP contribution in [0, 0.1) is 0 Å². The molecule has 1 unspecified atom stereocenters. The van der Waals surface area contributed by atoms with Crippen molar-refractivity contribution in [3.63, 3.8) is 0 Å². The van der Waals surface area contributed by atoms with Gasteiger partial charge in [0.05, 0.1) is 7.11 Å². The van der Waals surface area contributed by atoms with E-state index in [0.29, 0.717) is 12.8 Å². The number of amides is 3. The van der Waals surface area contributed by atoms with E-state index in [4.69, 9.17) is 4.74 Å². The molecule has 1 aliphatic heterocycles. The Morgan fingerprint density at radius 2 is 2.14 bits per heavy atom. The quantitative estimate of drug-likeness (QED) is 0.785. The number of urea groups is 1. The second kappa shape index (κ2) is 7.20. The minimum atomic E-state index is -2.62. The molecule has 3 amide bonds. The molecule has 7 heteroatoms. The molecule has 0 saturated carbocycles. The van der Waals surface area contributed by atoms with Crippen LogP contribution < -0.4 is 10.1 Å². The summed E-state index contributed by atoms with van der Waals surface area (Å²) in [5.41, 5.74) is 1.02. The highest BCUT2D eigenvalue weighted by Gasteiger charge is 2.38. The Bertz CT molecular complexity index is 551. The lowest BCUT2D eigenvalue weighted by Gasteiger charge is -2.13. The number of methoxy groups -OCH3 is 1. The van der Waals surface area contributed by atoms with Crippen LogP contribution in [0.15, 0.2) is 24.3 Å². The van der Waals surface area contributed by atoms with E-state index in [-0.39, 0.29) is 6.54 Å². The molecule has 0 bridgehead atoms. The topological polar surface area (TPSA) is 58.6 Å². The fraction of sp³-hybridized carbons (Fsp3) is 0.467. The Morgan fingerprint density at radius 1 is 1.36 bits per heavy atom. The van der Waals surface area contributed by atoms with Crippen molar-refractivity contribution < 1.29 is 23.1 Å². The van der Waals surface area contributed by atoms with Crippen LogP contribution in [-0.4, -0.2) is 43.0 Å². The van der Waals surface area contributed by atoms with Crippen molar-refractivity contribution in [2.45, 2.75) is 31.7 Å². The van der Waals surface area contributed by atoms with Gasteiger partial charge in [-0.3, -0.25) is 9.69 Å². The number of carbonyl (C=O) groups excluding carboxylic acids is 2. The Hall–Kier alpha value is -2.18. The zero-order chi connectivity index (χ0) is 16.1. The van der Waals surface area contributed by atoms with Gasteiger partial charge in [0.1, 0.15) is 11.8 Å². The van der Waals surface area contributed by atoms with Crippen LogP contribution in [0.4, 0.5) is 13.6 Å². The third-order valence-corrected chi connectivity index (χ3v) is 3.50. The van der Waals surface area contributed by atoms with E-state index >= 15 is 0 Å². The van der Waals surface area contributed by atoms with Crippen molar-refractivity contribution in [3.8, 4) is 5.75 Å². The van der Waals surface area contributed by atoms with Gasteiger partial charge in [-0.2, -0.15) is 0 Å². The number of alkyl halides is 2. The molecule has 1 aromatic rings. The summed E-state index contributed by atoms with van der Waals surface area (Å²) in [5, 5.41) is 2.29. The number of ether oxygens (including phenoxy) is 1. The first-order valence-electron chi connectivity index (χ1n) is 7.04. The van der Waals surface area contributed by atoms with Gasteiger partial charge < -0.3 is 10.1 Å². The first kappa shape index (κ1) is 16.2. The summed E-state index contributed by atoms with van der Waals surface area (Å²) in [6.07, 6.45) is -2.04. The lowest BCUT2D eigenvalue weighted by atomic mass is 10.1. The molecule has 1 fully saturated rings. The average Bonchev–Trinajstić information content (AvgIpc) is 2.74. The molecule has 1 N–H and O–H groups in total. The lowest BCUT2D eigenvalue weighted by Crippen LogP contribution is -2.33. The number of carbonyl (C=O) groups is 2. The molecule has 1 aliphatic rings. The van der Waals surface area contributed by atoms with Crippen LogP contribution in [0.5, 0.6) is 5.75 Å². The zero-order valence-corrected chi connectivity index (χ0v) is 12.2. The number of hydrogen-bond acceptors (Lipinski definition) is 3. The summed E-state index contributed by atoms with van der Waals surface area (Å²) in [7, 11) is 1.58. The lowest BCUT2D eigenvalue weighted by molar-refractivity contribution is -0.128. The van der Waals surface area contributed by atoms with E-state index in [1.54, 1.807) is 7.11 Å². The van der Waals surface area contributed by atoms with Crippen molar-refractivity contribution in [1.29, 1.82) is 0 Å². The molecule has 1 aromatic carbocycles. The molecule has 1 heterocycles. The summed E-state index contributed by atoms with van der Waals surface area (Å²) >= 11 is 0. The van der Waals surface area contributed by atoms with E-state index in [2.05, 4.69) is 5.32 Å². The largest absolute Gasteiger partial charge is 0.497 e. The van der Waals surface area contributed by atoms with Crippen molar-refractivity contribution >= 4 is 11.9 Å². The van der Waals surface area contributed by atoms with Crippen LogP contribution in [0.1, 0.15) is 18.4 Å². The Labute approximate surface area is 127 Å². The Kier molecular flexibility index (Phi) is 5.30. The maximum atomic E-state index is 12.3. The van der Waals surface area contributed by atoms with Crippen LogP contribution >= 0.6 is 0 Å². The normalized spacial score (nSPS) is 18.0. The monoisotopic (exact) mass is 312 g/mol. The van der Waals surface area contributed by atoms with Crippen LogP contribution in [0.3, 0.4) is 0 Å². The van der Waals surface area contributed by atoms with Crippen molar-refractivity contribution in [2.24, 2.45) is 0 Å². The first-order chi connectivity index (χ1) is 10.5. The maximum absolute atomic E-state index is 12.3. The predicted molar refractivity (Wildman–Crippen MR) is 76.0 cm³/mol. The summed E-state index contributed by atoms with van der Waals surface area (Å²) in [6, 6.07) is 5.79. The highest BCUT2D eigenvalue weighted by atomic mass is 19.3. The van der Waals surface area contributed by atoms with E-state index in [1.165, 1.54) is 0 Å². The summed E-state index contributed by atoms with van der Waals surface area (Å²) < 4.78 is 29.8. The standard InChI is InChI=1S/C15H18F2N2O3/c1-22-11-6-2-4-10(8-11)5-3-7-19-14(20)12(9-13(16)17)18-15(19)21/h2,4,6,8,12-13H,3,5,7,9H2,1H3,(H,18,21). The number of hydrogen-bond donors (Lipinski definition) is 1. The van der Waals surface area contributed by atoms with Gasteiger partial charge in [0.2, 0.25) is 6.43 Å². The molecule has 1 atom stereocenters. The maximum Gasteiger partial charge on any atom is 0.324 e. The third kappa shape index (κ3) is 3.93. The number of nitrogens with one attached hydrogen (secondary N) is 1. The van der Waals surface area contributed by atoms with E-state index in [9.17, 15) is 18.4 Å². The second-order valence-electron chi connectivity index (χ2n) is 5.07. The fourth-order valence-corrected chi connectivity index (χ4v) is 2.40. The van der Waals surface area contributed by atoms with Gasteiger partial charge in [-0.1, -0.05) is 12.1 Å². The molecule has 120 valence electrons. The van der Waals surface area contributed by atoms with Crippen LogP contribution in [-0.2, 0) is 11.2 Å². The molecule has 22 heavy (non-hydrogen) atoms. The molecule has 5 nitrogen and oxygen atoms in total. The molecule has 1 saturated heterocycles. The number of imide groups is 1. The van der Waals surface area contributed by atoms with E-state index in [1.807, 2.05) is 24.3 Å². The van der Waals surface area contributed by atoms with Gasteiger partial charge in [0.15, 0.2) is 0 Å². The fourth-order valence-electron chi connectivity index (χ4n) is 2.40.